The lowest BCUT2D eigenvalue weighted by molar-refractivity contribution is 0.0753. The zero-order valence-corrected chi connectivity index (χ0v) is 16.1. The van der Waals surface area contributed by atoms with E-state index in [-0.39, 0.29) is 39.0 Å². The average Bonchev–Trinajstić information content (AvgIpc) is 2.44. The molecule has 0 aromatic rings. The Morgan fingerprint density at radius 3 is 1.55 bits per heavy atom. The van der Waals surface area contributed by atoms with Gasteiger partial charge in [-0.25, -0.2) is 0 Å². The zero-order valence-electron chi connectivity index (χ0n) is 14.3. The molecule has 0 amide bonds. The molecule has 22 heavy (non-hydrogen) atoms. The molecule has 9 heteroatoms. The van der Waals surface area contributed by atoms with Gasteiger partial charge in [0, 0.05) is 6.61 Å². The lowest BCUT2D eigenvalue weighted by Crippen LogP contribution is -2.19. The number of hydrogen-bond acceptors (Lipinski definition) is 7. The Hall–Kier alpha value is 0.260. The summed E-state index contributed by atoms with van der Waals surface area (Å²) in [5, 5.41) is 0. The van der Waals surface area contributed by atoms with Crippen LogP contribution in [-0.4, -0.2) is 45.0 Å². The van der Waals surface area contributed by atoms with Gasteiger partial charge in [0.15, 0.2) is 5.85 Å². The average molecular weight is 360 g/mol. The lowest BCUT2D eigenvalue weighted by atomic mass is 10.5. The molecule has 0 saturated carbocycles. The number of rotatable bonds is 14. The molecule has 0 spiro atoms. The van der Waals surface area contributed by atoms with Crippen molar-refractivity contribution >= 4 is 15.2 Å². The fourth-order valence-corrected chi connectivity index (χ4v) is 5.69. The second-order valence-corrected chi connectivity index (χ2v) is 8.60. The summed E-state index contributed by atoms with van der Waals surface area (Å²) >= 11 is 0. The van der Waals surface area contributed by atoms with Gasteiger partial charge in [-0.05, 0) is 41.0 Å². The molecule has 1 unspecified atom stereocenters. The van der Waals surface area contributed by atoms with Crippen molar-refractivity contribution in [1.82, 2.24) is 0 Å². The third kappa shape index (κ3) is 7.69. The molecule has 134 valence electrons. The van der Waals surface area contributed by atoms with Crippen LogP contribution in [0.25, 0.3) is 0 Å². The van der Waals surface area contributed by atoms with Crippen molar-refractivity contribution in [1.29, 1.82) is 0 Å². The number of hydrogen-bond donors (Lipinski definition) is 0. The largest absolute Gasteiger partial charge is 0.366 e. The first-order chi connectivity index (χ1) is 10.4. The molecule has 0 aliphatic carbocycles. The van der Waals surface area contributed by atoms with Gasteiger partial charge < -0.3 is 22.8 Å². The van der Waals surface area contributed by atoms with Gasteiger partial charge >= 0.3 is 15.2 Å². The van der Waals surface area contributed by atoms with E-state index in [1.165, 1.54) is 0 Å². The molecule has 0 saturated heterocycles. The summed E-state index contributed by atoms with van der Waals surface area (Å²) < 4.78 is 51.9. The normalized spacial score (nSPS) is 14.2. The Morgan fingerprint density at radius 1 is 0.727 bits per heavy atom. The molecule has 0 aromatic heterocycles. The molecule has 0 aliphatic rings. The standard InChI is InChI=1S/C13H30O7P2/c1-6-16-13(22(15,19-9-4)20-10-5)11-12-21(14,17-7-2)18-8-3/h13H,6-12H2,1-5H3. The molecule has 0 bridgehead atoms. The maximum Gasteiger partial charge on any atom is 0.359 e. The highest BCUT2D eigenvalue weighted by atomic mass is 31.2. The van der Waals surface area contributed by atoms with Crippen LogP contribution in [0, 0.1) is 0 Å². The van der Waals surface area contributed by atoms with E-state index in [0.29, 0.717) is 6.61 Å². The van der Waals surface area contributed by atoms with Crippen molar-refractivity contribution in [2.24, 2.45) is 0 Å². The molecule has 0 aromatic carbocycles. The molecule has 0 rings (SSSR count). The molecular formula is C13H30O7P2. The summed E-state index contributed by atoms with van der Waals surface area (Å²) in [5.74, 6) is -0.786. The third-order valence-electron chi connectivity index (χ3n) is 2.63. The Kier molecular flexibility index (Phi) is 11.9. The van der Waals surface area contributed by atoms with Crippen LogP contribution in [0.4, 0.5) is 0 Å². The predicted molar refractivity (Wildman–Crippen MR) is 86.6 cm³/mol. The minimum atomic E-state index is -3.42. The van der Waals surface area contributed by atoms with Gasteiger partial charge in [0.1, 0.15) is 0 Å². The van der Waals surface area contributed by atoms with Gasteiger partial charge in [0.05, 0.1) is 32.6 Å². The van der Waals surface area contributed by atoms with Crippen molar-refractivity contribution in [3.63, 3.8) is 0 Å². The van der Waals surface area contributed by atoms with Crippen LogP contribution < -0.4 is 0 Å². The molecule has 7 nitrogen and oxygen atoms in total. The first-order valence-corrected chi connectivity index (χ1v) is 11.1. The van der Waals surface area contributed by atoms with E-state index in [9.17, 15) is 9.13 Å². The third-order valence-corrected chi connectivity index (χ3v) is 7.09. The van der Waals surface area contributed by atoms with Crippen LogP contribution in [0.1, 0.15) is 41.0 Å². The summed E-state index contributed by atoms with van der Waals surface area (Å²) in [6, 6.07) is 0. The smallest absolute Gasteiger partial charge is 0.359 e. The van der Waals surface area contributed by atoms with Crippen LogP contribution in [-0.2, 0) is 32.0 Å². The second-order valence-electron chi connectivity index (χ2n) is 4.24. The minimum Gasteiger partial charge on any atom is -0.366 e. The van der Waals surface area contributed by atoms with Gasteiger partial charge in [0.2, 0.25) is 0 Å². The first kappa shape index (κ1) is 22.3. The summed E-state index contributed by atoms with van der Waals surface area (Å²) in [6.07, 6.45) is 0.311. The highest BCUT2D eigenvalue weighted by Crippen LogP contribution is 2.57. The monoisotopic (exact) mass is 360 g/mol. The Labute approximate surface area is 134 Å². The molecule has 0 heterocycles. The summed E-state index contributed by atoms with van der Waals surface area (Å²) in [7, 11) is -6.64. The number of ether oxygens (including phenoxy) is 1. The van der Waals surface area contributed by atoms with E-state index in [0.717, 1.165) is 0 Å². The van der Waals surface area contributed by atoms with E-state index in [4.69, 9.17) is 22.8 Å². The Balaban J connectivity index is 5.01. The molecule has 1 atom stereocenters. The fraction of sp³-hybridized carbons (Fsp3) is 1.00. The Bertz CT molecular complexity index is 355. The maximum atomic E-state index is 12.8. The molecule has 0 N–H and O–H groups in total. The zero-order chi connectivity index (χ0) is 17.1. The highest BCUT2D eigenvalue weighted by molar-refractivity contribution is 7.55. The fourth-order valence-electron chi connectivity index (χ4n) is 1.92. The van der Waals surface area contributed by atoms with E-state index >= 15 is 0 Å². The van der Waals surface area contributed by atoms with Crippen LogP contribution in [0.5, 0.6) is 0 Å². The van der Waals surface area contributed by atoms with Crippen LogP contribution >= 0.6 is 15.2 Å². The van der Waals surface area contributed by atoms with Crippen molar-refractivity contribution in [2.45, 2.75) is 46.9 Å². The first-order valence-electron chi connectivity index (χ1n) is 7.79. The van der Waals surface area contributed by atoms with Crippen molar-refractivity contribution in [2.75, 3.05) is 39.2 Å². The van der Waals surface area contributed by atoms with Crippen LogP contribution in [0.15, 0.2) is 0 Å². The lowest BCUT2D eigenvalue weighted by Gasteiger charge is -2.27. The summed E-state index contributed by atoms with van der Waals surface area (Å²) in [4.78, 5) is 0. The van der Waals surface area contributed by atoms with Crippen molar-refractivity contribution in [3.05, 3.63) is 0 Å². The van der Waals surface area contributed by atoms with E-state index in [2.05, 4.69) is 0 Å². The van der Waals surface area contributed by atoms with E-state index < -0.39 is 21.0 Å². The quantitative estimate of drug-likeness (QED) is 0.428. The summed E-state index contributed by atoms with van der Waals surface area (Å²) in [5.41, 5.74) is 0. The second kappa shape index (κ2) is 11.7. The van der Waals surface area contributed by atoms with E-state index in [1.54, 1.807) is 34.6 Å². The van der Waals surface area contributed by atoms with Gasteiger partial charge in [-0.2, -0.15) is 0 Å². The van der Waals surface area contributed by atoms with Crippen LogP contribution in [0.2, 0.25) is 0 Å². The van der Waals surface area contributed by atoms with E-state index in [1.807, 2.05) is 0 Å². The predicted octanol–water partition coefficient (Wildman–Crippen LogP) is 4.27. The Morgan fingerprint density at radius 2 is 1.18 bits per heavy atom. The molecule has 0 radical (unpaired) electrons. The molecule has 0 aliphatic heterocycles. The molecular weight excluding hydrogens is 330 g/mol. The van der Waals surface area contributed by atoms with Gasteiger partial charge in [-0.3, -0.25) is 9.13 Å². The van der Waals surface area contributed by atoms with Gasteiger partial charge in [0.25, 0.3) is 0 Å². The maximum absolute atomic E-state index is 12.8. The topological polar surface area (TPSA) is 80.3 Å². The minimum absolute atomic E-state index is 0.101. The van der Waals surface area contributed by atoms with Crippen molar-refractivity contribution in [3.8, 4) is 0 Å². The van der Waals surface area contributed by atoms with Crippen molar-refractivity contribution < 1.29 is 32.0 Å². The molecule has 0 fully saturated rings. The summed E-state index contributed by atoms with van der Waals surface area (Å²) in [6.45, 7) is 10.2. The van der Waals surface area contributed by atoms with Gasteiger partial charge in [-0.15, -0.1) is 0 Å². The highest BCUT2D eigenvalue weighted by Gasteiger charge is 2.38. The van der Waals surface area contributed by atoms with Gasteiger partial charge in [-0.1, -0.05) is 0 Å². The van der Waals surface area contributed by atoms with Crippen LogP contribution in [0.3, 0.4) is 0 Å². The SMILES string of the molecule is CCOC(CCP(=O)(OCC)OCC)P(=O)(OCC)OCC.